The predicted octanol–water partition coefficient (Wildman–Crippen LogP) is 2.26. The molecule has 2 aromatic heterocycles. The molecule has 134 valence electrons. The highest BCUT2D eigenvalue weighted by molar-refractivity contribution is 5.90. The number of H-pyrrole nitrogens is 1. The average Bonchev–Trinajstić information content (AvgIpc) is 3.34. The lowest BCUT2D eigenvalue weighted by Crippen LogP contribution is -2.41. The van der Waals surface area contributed by atoms with Gasteiger partial charge in [-0.2, -0.15) is 10.1 Å². The number of amides is 1. The second kappa shape index (κ2) is 7.07. The molecule has 0 saturated carbocycles. The van der Waals surface area contributed by atoms with Gasteiger partial charge in [-0.3, -0.25) is 9.89 Å². The van der Waals surface area contributed by atoms with Crippen molar-refractivity contribution < 1.29 is 9.32 Å². The van der Waals surface area contributed by atoms with Crippen LogP contribution in [-0.4, -0.2) is 49.2 Å². The molecule has 1 aliphatic heterocycles. The predicted molar refractivity (Wildman–Crippen MR) is 93.2 cm³/mol. The number of aryl methyl sites for hydroxylation is 1. The zero-order valence-corrected chi connectivity index (χ0v) is 14.6. The molecule has 1 aliphatic rings. The Bertz CT molecular complexity index is 889. The van der Waals surface area contributed by atoms with Crippen LogP contribution in [0.3, 0.4) is 0 Å². The first-order valence-corrected chi connectivity index (χ1v) is 8.74. The molecular weight excluding hydrogens is 332 g/mol. The molecule has 1 aromatic carbocycles. The van der Waals surface area contributed by atoms with Gasteiger partial charge in [0, 0.05) is 25.1 Å². The minimum Gasteiger partial charge on any atom is -0.339 e. The summed E-state index contributed by atoms with van der Waals surface area (Å²) in [5, 5.41) is 10.5. The number of nitrogens with zero attached hydrogens (tertiary/aromatic N) is 5. The first-order chi connectivity index (χ1) is 12.7. The number of likely N-dealkylation sites (tertiary alicyclic amines) is 1. The number of aromatic amines is 1. The molecule has 0 spiro atoms. The summed E-state index contributed by atoms with van der Waals surface area (Å²) in [5.74, 6) is 1.69. The molecule has 0 bridgehead atoms. The molecule has 0 unspecified atom stereocenters. The lowest BCUT2D eigenvalue weighted by molar-refractivity contribution is 0.0656. The molecule has 0 aliphatic carbocycles. The maximum atomic E-state index is 12.4. The second-order valence-corrected chi connectivity index (χ2v) is 6.62. The van der Waals surface area contributed by atoms with Gasteiger partial charge in [0.2, 0.25) is 17.5 Å². The van der Waals surface area contributed by atoms with E-state index in [0.29, 0.717) is 30.6 Å². The summed E-state index contributed by atoms with van der Waals surface area (Å²) in [6.45, 7) is 3.41. The molecule has 1 N–H and O–H groups in total. The van der Waals surface area contributed by atoms with Crippen molar-refractivity contribution in [1.82, 2.24) is 30.2 Å². The molecule has 4 rings (SSSR count). The number of aromatic nitrogens is 5. The molecule has 1 atom stereocenters. The number of nitrogens with one attached hydrogen (secondary N) is 1. The molecule has 3 heterocycles. The van der Waals surface area contributed by atoms with E-state index in [0.717, 1.165) is 30.5 Å². The second-order valence-electron chi connectivity index (χ2n) is 6.62. The van der Waals surface area contributed by atoms with Crippen molar-refractivity contribution in [3.63, 3.8) is 0 Å². The number of piperidine rings is 1. The van der Waals surface area contributed by atoms with Crippen molar-refractivity contribution in [2.45, 2.75) is 26.2 Å². The number of hydrogen-bond acceptors (Lipinski definition) is 6. The number of carbonyl (C=O) groups excluding carboxylic acids is 1. The van der Waals surface area contributed by atoms with Crippen molar-refractivity contribution in [3.05, 3.63) is 47.9 Å². The van der Waals surface area contributed by atoms with Crippen molar-refractivity contribution in [3.8, 4) is 11.4 Å². The van der Waals surface area contributed by atoms with Crippen molar-refractivity contribution in [2.24, 2.45) is 5.92 Å². The number of hydrogen-bond donors (Lipinski definition) is 1. The Hall–Kier alpha value is -3.03. The van der Waals surface area contributed by atoms with E-state index < -0.39 is 0 Å². The summed E-state index contributed by atoms with van der Waals surface area (Å²) >= 11 is 0. The molecule has 8 nitrogen and oxygen atoms in total. The number of carbonyl (C=O) groups is 1. The van der Waals surface area contributed by atoms with Crippen molar-refractivity contribution in [1.29, 1.82) is 0 Å². The van der Waals surface area contributed by atoms with Crippen LogP contribution in [0.1, 0.15) is 34.9 Å². The van der Waals surface area contributed by atoms with Gasteiger partial charge < -0.3 is 9.42 Å². The van der Waals surface area contributed by atoms with E-state index in [9.17, 15) is 4.79 Å². The highest BCUT2D eigenvalue weighted by atomic mass is 16.5. The van der Waals surface area contributed by atoms with E-state index in [1.165, 1.54) is 6.33 Å². The van der Waals surface area contributed by atoms with E-state index in [4.69, 9.17) is 4.52 Å². The Morgan fingerprint density at radius 1 is 1.38 bits per heavy atom. The van der Waals surface area contributed by atoms with Gasteiger partial charge in [-0.25, -0.2) is 4.98 Å². The van der Waals surface area contributed by atoms with Crippen molar-refractivity contribution in [2.75, 3.05) is 13.1 Å². The largest absolute Gasteiger partial charge is 0.339 e. The summed E-state index contributed by atoms with van der Waals surface area (Å²) in [7, 11) is 0. The van der Waals surface area contributed by atoms with Crippen LogP contribution in [0.15, 0.2) is 35.1 Å². The summed E-state index contributed by atoms with van der Waals surface area (Å²) in [6.07, 6.45) is 3.99. The van der Waals surface area contributed by atoms with Gasteiger partial charge >= 0.3 is 0 Å². The van der Waals surface area contributed by atoms with Gasteiger partial charge in [0.05, 0.1) is 0 Å². The molecule has 3 aromatic rings. The van der Waals surface area contributed by atoms with Gasteiger partial charge in [-0.05, 0) is 31.2 Å². The van der Waals surface area contributed by atoms with Crippen LogP contribution in [0.2, 0.25) is 0 Å². The SMILES string of the molecule is Cc1ccccc1-c1noc(C[C@@H]2CCCN(C(=O)c3ncn[nH]3)C2)n1. The standard InChI is InChI=1S/C18H20N6O2/c1-12-5-2-3-7-14(12)16-21-15(26-23-16)9-13-6-4-8-24(10-13)18(25)17-19-11-20-22-17/h2-3,5,7,11,13H,4,6,8-10H2,1H3,(H,19,20,22)/t13-/m0/s1. The Morgan fingerprint density at radius 3 is 3.08 bits per heavy atom. The Balaban J connectivity index is 1.43. The quantitative estimate of drug-likeness (QED) is 0.773. The fourth-order valence-corrected chi connectivity index (χ4v) is 3.39. The summed E-state index contributed by atoms with van der Waals surface area (Å²) < 4.78 is 5.45. The number of rotatable bonds is 4. The molecule has 0 radical (unpaired) electrons. The van der Waals surface area contributed by atoms with Crippen LogP contribution in [0, 0.1) is 12.8 Å². The van der Waals surface area contributed by atoms with E-state index in [2.05, 4.69) is 25.3 Å². The first-order valence-electron chi connectivity index (χ1n) is 8.74. The minimum absolute atomic E-state index is 0.113. The van der Waals surface area contributed by atoms with Crippen LogP contribution in [-0.2, 0) is 6.42 Å². The maximum absolute atomic E-state index is 12.4. The number of benzene rings is 1. The van der Waals surface area contributed by atoms with Crippen LogP contribution in [0.25, 0.3) is 11.4 Å². The van der Waals surface area contributed by atoms with Gasteiger partial charge in [0.15, 0.2) is 0 Å². The average molecular weight is 352 g/mol. The fraction of sp³-hybridized carbons (Fsp3) is 0.389. The Morgan fingerprint density at radius 2 is 2.27 bits per heavy atom. The Kier molecular flexibility index (Phi) is 4.47. The molecule has 26 heavy (non-hydrogen) atoms. The minimum atomic E-state index is -0.113. The van der Waals surface area contributed by atoms with Gasteiger partial charge in [0.1, 0.15) is 6.33 Å². The zero-order chi connectivity index (χ0) is 17.9. The normalized spacial score (nSPS) is 17.4. The maximum Gasteiger partial charge on any atom is 0.291 e. The lowest BCUT2D eigenvalue weighted by atomic mass is 9.94. The summed E-state index contributed by atoms with van der Waals surface area (Å²) in [6, 6.07) is 7.97. The monoisotopic (exact) mass is 352 g/mol. The molecule has 1 saturated heterocycles. The first kappa shape index (κ1) is 16.4. The molecular formula is C18H20N6O2. The van der Waals surface area contributed by atoms with E-state index in [-0.39, 0.29) is 11.7 Å². The topological polar surface area (TPSA) is 101 Å². The van der Waals surface area contributed by atoms with Crippen LogP contribution >= 0.6 is 0 Å². The highest BCUT2D eigenvalue weighted by Crippen LogP contribution is 2.24. The van der Waals surface area contributed by atoms with Crippen LogP contribution in [0.5, 0.6) is 0 Å². The molecule has 1 amide bonds. The summed E-state index contributed by atoms with van der Waals surface area (Å²) in [5.41, 5.74) is 2.09. The van der Waals surface area contributed by atoms with E-state index in [1.807, 2.05) is 36.1 Å². The van der Waals surface area contributed by atoms with E-state index in [1.54, 1.807) is 0 Å². The lowest BCUT2D eigenvalue weighted by Gasteiger charge is -2.31. The smallest absolute Gasteiger partial charge is 0.291 e. The van der Waals surface area contributed by atoms with Crippen LogP contribution < -0.4 is 0 Å². The third-order valence-electron chi connectivity index (χ3n) is 4.74. The van der Waals surface area contributed by atoms with Crippen molar-refractivity contribution >= 4 is 5.91 Å². The third-order valence-corrected chi connectivity index (χ3v) is 4.74. The van der Waals surface area contributed by atoms with Gasteiger partial charge in [-0.1, -0.05) is 29.4 Å². The third kappa shape index (κ3) is 3.35. The van der Waals surface area contributed by atoms with Gasteiger partial charge in [0.25, 0.3) is 5.91 Å². The highest BCUT2D eigenvalue weighted by Gasteiger charge is 2.27. The molecule has 8 heteroatoms. The fourth-order valence-electron chi connectivity index (χ4n) is 3.39. The van der Waals surface area contributed by atoms with Gasteiger partial charge in [-0.15, -0.1) is 0 Å². The zero-order valence-electron chi connectivity index (χ0n) is 14.6. The Labute approximate surface area is 150 Å². The van der Waals surface area contributed by atoms with Crippen LogP contribution in [0.4, 0.5) is 0 Å². The summed E-state index contributed by atoms with van der Waals surface area (Å²) in [4.78, 5) is 22.7. The molecule has 1 fully saturated rings. The van der Waals surface area contributed by atoms with E-state index >= 15 is 0 Å².